The van der Waals surface area contributed by atoms with Crippen LogP contribution in [0.3, 0.4) is 0 Å². The molecule has 104 valence electrons. The number of carbonyl (C=O) groups is 1. The van der Waals surface area contributed by atoms with E-state index in [4.69, 9.17) is 5.11 Å². The van der Waals surface area contributed by atoms with Crippen molar-refractivity contribution in [3.05, 3.63) is 33.8 Å². The van der Waals surface area contributed by atoms with Gasteiger partial charge in [0.05, 0.1) is 0 Å². The zero-order chi connectivity index (χ0) is 13.8. The monoisotopic (exact) mass is 325 g/mol. The Kier molecular flexibility index (Phi) is 4.99. The summed E-state index contributed by atoms with van der Waals surface area (Å²) in [6.45, 7) is 3.03. The summed E-state index contributed by atoms with van der Waals surface area (Å²) in [6.07, 6.45) is 3.79. The van der Waals surface area contributed by atoms with Crippen molar-refractivity contribution in [1.82, 2.24) is 4.90 Å². The van der Waals surface area contributed by atoms with E-state index in [2.05, 4.69) is 15.9 Å². The van der Waals surface area contributed by atoms with Crippen LogP contribution < -0.4 is 0 Å². The molecule has 1 N–H and O–H groups in total. The van der Waals surface area contributed by atoms with Crippen LogP contribution in [0.25, 0.3) is 0 Å². The van der Waals surface area contributed by atoms with Gasteiger partial charge in [-0.05, 0) is 56.4 Å². The van der Waals surface area contributed by atoms with Crippen LogP contribution in [-0.4, -0.2) is 35.1 Å². The molecule has 1 aromatic rings. The molecular weight excluding hydrogens is 306 g/mol. The Bertz CT molecular complexity index is 441. The molecule has 1 aliphatic rings. The number of aryl methyl sites for hydroxylation is 1. The Morgan fingerprint density at radius 3 is 2.95 bits per heavy atom. The van der Waals surface area contributed by atoms with E-state index >= 15 is 0 Å². The van der Waals surface area contributed by atoms with Crippen LogP contribution in [0.4, 0.5) is 0 Å². The van der Waals surface area contributed by atoms with Gasteiger partial charge in [-0.1, -0.05) is 15.9 Å². The van der Waals surface area contributed by atoms with Crippen LogP contribution >= 0.6 is 15.9 Å². The lowest BCUT2D eigenvalue weighted by Gasteiger charge is -2.25. The molecule has 0 saturated carbocycles. The highest BCUT2D eigenvalue weighted by atomic mass is 79.9. The molecule has 1 atom stereocenters. The Balaban J connectivity index is 2.13. The van der Waals surface area contributed by atoms with Crippen molar-refractivity contribution in [2.75, 3.05) is 13.2 Å². The van der Waals surface area contributed by atoms with E-state index < -0.39 is 0 Å². The quantitative estimate of drug-likeness (QED) is 0.923. The van der Waals surface area contributed by atoms with Gasteiger partial charge in [0.2, 0.25) is 0 Å². The second-order valence-electron chi connectivity index (χ2n) is 5.18. The fraction of sp³-hybridized carbons (Fsp3) is 0.533. The Hall–Kier alpha value is -0.870. The molecule has 0 aliphatic carbocycles. The summed E-state index contributed by atoms with van der Waals surface area (Å²) in [7, 11) is 0. The highest BCUT2D eigenvalue weighted by Gasteiger charge is 2.28. The molecule has 1 unspecified atom stereocenters. The molecule has 2 rings (SSSR count). The number of halogens is 1. The first-order chi connectivity index (χ1) is 9.11. The maximum absolute atomic E-state index is 12.6. The predicted octanol–water partition coefficient (Wildman–Crippen LogP) is 3.13. The van der Waals surface area contributed by atoms with Crippen LogP contribution in [0, 0.1) is 6.92 Å². The van der Waals surface area contributed by atoms with Gasteiger partial charge in [-0.25, -0.2) is 0 Å². The third-order valence-electron chi connectivity index (χ3n) is 3.62. The molecule has 0 aromatic heterocycles. The maximum Gasteiger partial charge on any atom is 0.254 e. The minimum absolute atomic E-state index is 0.116. The van der Waals surface area contributed by atoms with Gasteiger partial charge in [0, 0.05) is 29.2 Å². The number of likely N-dealkylation sites (tertiary alicyclic amines) is 1. The van der Waals surface area contributed by atoms with E-state index in [0.29, 0.717) is 6.04 Å². The van der Waals surface area contributed by atoms with Gasteiger partial charge in [-0.15, -0.1) is 0 Å². The standard InChI is InChI=1S/C15H20BrNO2/c1-11-8-12(10-13(16)9-11)15(19)17-6-2-4-14(17)5-3-7-18/h8-10,14,18H,2-7H2,1H3. The van der Waals surface area contributed by atoms with Crippen molar-refractivity contribution in [3.8, 4) is 0 Å². The molecule has 4 heteroatoms. The summed E-state index contributed by atoms with van der Waals surface area (Å²) in [6, 6.07) is 6.12. The van der Waals surface area contributed by atoms with Crippen molar-refractivity contribution in [3.63, 3.8) is 0 Å². The summed E-state index contributed by atoms with van der Waals surface area (Å²) in [5.74, 6) is 0.116. The number of carbonyl (C=O) groups excluding carboxylic acids is 1. The number of benzene rings is 1. The first-order valence-corrected chi connectivity index (χ1v) is 7.60. The second-order valence-corrected chi connectivity index (χ2v) is 6.09. The Morgan fingerprint density at radius 2 is 2.26 bits per heavy atom. The van der Waals surface area contributed by atoms with E-state index in [1.54, 1.807) is 0 Å². The molecule has 1 heterocycles. The highest BCUT2D eigenvalue weighted by molar-refractivity contribution is 9.10. The third-order valence-corrected chi connectivity index (χ3v) is 4.08. The van der Waals surface area contributed by atoms with Gasteiger partial charge >= 0.3 is 0 Å². The van der Waals surface area contributed by atoms with Crippen LogP contribution in [0.1, 0.15) is 41.6 Å². The van der Waals surface area contributed by atoms with E-state index in [9.17, 15) is 4.79 Å². The van der Waals surface area contributed by atoms with E-state index in [1.807, 2.05) is 30.0 Å². The zero-order valence-electron chi connectivity index (χ0n) is 11.2. The number of hydrogen-bond donors (Lipinski definition) is 1. The minimum atomic E-state index is 0.116. The van der Waals surface area contributed by atoms with Crippen molar-refractivity contribution < 1.29 is 9.90 Å². The van der Waals surface area contributed by atoms with Crippen LogP contribution in [0.2, 0.25) is 0 Å². The van der Waals surface area contributed by atoms with Gasteiger partial charge in [0.25, 0.3) is 5.91 Å². The van der Waals surface area contributed by atoms with Crippen molar-refractivity contribution in [2.45, 2.75) is 38.6 Å². The van der Waals surface area contributed by atoms with Gasteiger partial charge < -0.3 is 10.0 Å². The number of amides is 1. The number of hydrogen-bond acceptors (Lipinski definition) is 2. The summed E-state index contributed by atoms with van der Waals surface area (Å²) in [5, 5.41) is 8.93. The molecule has 1 aromatic carbocycles. The molecule has 0 bridgehead atoms. The summed E-state index contributed by atoms with van der Waals surface area (Å²) in [5.41, 5.74) is 1.84. The maximum atomic E-state index is 12.6. The average Bonchev–Trinajstić information content (AvgIpc) is 2.82. The fourth-order valence-corrected chi connectivity index (χ4v) is 3.36. The molecule has 1 amide bonds. The lowest BCUT2D eigenvalue weighted by molar-refractivity contribution is 0.0724. The molecule has 19 heavy (non-hydrogen) atoms. The van der Waals surface area contributed by atoms with Crippen LogP contribution in [0.15, 0.2) is 22.7 Å². The smallest absolute Gasteiger partial charge is 0.254 e. The number of rotatable bonds is 4. The van der Waals surface area contributed by atoms with E-state index in [1.165, 1.54) is 0 Å². The number of aliphatic hydroxyl groups is 1. The molecule has 1 fully saturated rings. The van der Waals surface area contributed by atoms with Gasteiger partial charge in [0.15, 0.2) is 0 Å². The molecule has 0 radical (unpaired) electrons. The van der Waals surface area contributed by atoms with Crippen LogP contribution in [-0.2, 0) is 0 Å². The van der Waals surface area contributed by atoms with Crippen molar-refractivity contribution >= 4 is 21.8 Å². The van der Waals surface area contributed by atoms with Crippen molar-refractivity contribution in [2.24, 2.45) is 0 Å². The topological polar surface area (TPSA) is 40.5 Å². The average molecular weight is 326 g/mol. The predicted molar refractivity (Wildman–Crippen MR) is 79.3 cm³/mol. The van der Waals surface area contributed by atoms with Gasteiger partial charge in [-0.2, -0.15) is 0 Å². The minimum Gasteiger partial charge on any atom is -0.396 e. The first kappa shape index (κ1) is 14.5. The number of nitrogens with zero attached hydrogens (tertiary/aromatic N) is 1. The molecule has 1 aliphatic heterocycles. The second kappa shape index (κ2) is 6.53. The zero-order valence-corrected chi connectivity index (χ0v) is 12.8. The van der Waals surface area contributed by atoms with Crippen molar-refractivity contribution in [1.29, 1.82) is 0 Å². The lowest BCUT2D eigenvalue weighted by Crippen LogP contribution is -2.35. The first-order valence-electron chi connectivity index (χ1n) is 6.81. The lowest BCUT2D eigenvalue weighted by atomic mass is 10.1. The van der Waals surface area contributed by atoms with E-state index in [-0.39, 0.29) is 12.5 Å². The summed E-state index contributed by atoms with van der Waals surface area (Å²) >= 11 is 3.44. The highest BCUT2D eigenvalue weighted by Crippen LogP contribution is 2.25. The summed E-state index contributed by atoms with van der Waals surface area (Å²) in [4.78, 5) is 14.5. The largest absolute Gasteiger partial charge is 0.396 e. The molecule has 0 spiro atoms. The van der Waals surface area contributed by atoms with Gasteiger partial charge in [-0.3, -0.25) is 4.79 Å². The third kappa shape index (κ3) is 3.57. The Morgan fingerprint density at radius 1 is 1.47 bits per heavy atom. The molecule has 3 nitrogen and oxygen atoms in total. The Labute approximate surface area is 122 Å². The molecular formula is C15H20BrNO2. The SMILES string of the molecule is Cc1cc(Br)cc(C(=O)N2CCCC2CCCO)c1. The number of aliphatic hydroxyl groups excluding tert-OH is 1. The van der Waals surface area contributed by atoms with Gasteiger partial charge in [0.1, 0.15) is 0 Å². The fourth-order valence-electron chi connectivity index (χ4n) is 2.76. The molecule has 1 saturated heterocycles. The van der Waals surface area contributed by atoms with Crippen LogP contribution in [0.5, 0.6) is 0 Å². The normalized spacial score (nSPS) is 18.9. The van der Waals surface area contributed by atoms with E-state index in [0.717, 1.165) is 47.8 Å². The summed E-state index contributed by atoms with van der Waals surface area (Å²) < 4.78 is 0.946.